The first-order valence-electron chi connectivity index (χ1n) is 8.93. The molecular formula is C21H23ClFN3O. The molecule has 1 saturated heterocycles. The number of benzene rings is 2. The van der Waals surface area contributed by atoms with Gasteiger partial charge in [0.25, 0.3) is 0 Å². The number of amides is 1. The molecule has 0 radical (unpaired) electrons. The largest absolute Gasteiger partial charge is 0.398 e. The molecule has 1 aliphatic rings. The highest BCUT2D eigenvalue weighted by molar-refractivity contribution is 6.30. The Morgan fingerprint density at radius 1 is 1.26 bits per heavy atom. The van der Waals surface area contributed by atoms with E-state index in [0.29, 0.717) is 17.3 Å². The van der Waals surface area contributed by atoms with E-state index in [1.807, 2.05) is 11.8 Å². The summed E-state index contributed by atoms with van der Waals surface area (Å²) in [6.45, 7) is 4.99. The third-order valence-electron chi connectivity index (χ3n) is 4.77. The van der Waals surface area contributed by atoms with Gasteiger partial charge in [-0.25, -0.2) is 4.39 Å². The first-order chi connectivity index (χ1) is 12.9. The molecule has 0 saturated carbocycles. The molecule has 6 heteroatoms. The quantitative estimate of drug-likeness (QED) is 0.641. The molecule has 27 heavy (non-hydrogen) atoms. The summed E-state index contributed by atoms with van der Waals surface area (Å²) in [5.74, 6) is -0.266. The number of anilines is 1. The second kappa shape index (κ2) is 8.55. The van der Waals surface area contributed by atoms with Gasteiger partial charge in [0, 0.05) is 49.0 Å². The number of halogens is 2. The van der Waals surface area contributed by atoms with Gasteiger partial charge in [0.2, 0.25) is 5.91 Å². The number of hydrogen-bond donors (Lipinski definition) is 1. The molecule has 3 rings (SSSR count). The number of carbonyl (C=O) groups is 1. The van der Waals surface area contributed by atoms with Crippen LogP contribution in [-0.2, 0) is 11.3 Å². The summed E-state index contributed by atoms with van der Waals surface area (Å²) < 4.78 is 13.0. The predicted octanol–water partition coefficient (Wildman–Crippen LogP) is 3.81. The number of nitrogens with zero attached hydrogens (tertiary/aromatic N) is 2. The average molecular weight is 388 g/mol. The van der Waals surface area contributed by atoms with Crippen molar-refractivity contribution in [3.05, 3.63) is 70.5 Å². The fourth-order valence-corrected chi connectivity index (χ4v) is 3.48. The Kier molecular flexibility index (Phi) is 6.14. The van der Waals surface area contributed by atoms with E-state index in [4.69, 9.17) is 17.3 Å². The molecule has 1 aliphatic heterocycles. The van der Waals surface area contributed by atoms with Crippen LogP contribution in [0, 0.1) is 5.82 Å². The van der Waals surface area contributed by atoms with Crippen molar-refractivity contribution < 1.29 is 9.18 Å². The number of rotatable bonds is 4. The first-order valence-corrected chi connectivity index (χ1v) is 9.30. The van der Waals surface area contributed by atoms with Crippen LogP contribution in [0.2, 0.25) is 5.02 Å². The number of carbonyl (C=O) groups excluding carboxylic acids is 1. The molecule has 1 atom stereocenters. The molecule has 2 N–H and O–H groups in total. The second-order valence-electron chi connectivity index (χ2n) is 6.85. The van der Waals surface area contributed by atoms with Crippen molar-refractivity contribution in [2.75, 3.05) is 25.4 Å². The SMILES string of the molecule is CC1CN(Cc2ccc(F)cc2)CCN1C(=O)C=Cc1cc(Cl)ccc1N. The average Bonchev–Trinajstić information content (AvgIpc) is 2.64. The zero-order valence-corrected chi connectivity index (χ0v) is 16.0. The van der Waals surface area contributed by atoms with Crippen LogP contribution in [0.25, 0.3) is 6.08 Å². The Bertz CT molecular complexity index is 838. The molecule has 2 aromatic rings. The number of hydrogen-bond acceptors (Lipinski definition) is 3. The van der Waals surface area contributed by atoms with E-state index in [-0.39, 0.29) is 17.8 Å². The highest BCUT2D eigenvalue weighted by atomic mass is 35.5. The fraction of sp³-hybridized carbons (Fsp3) is 0.286. The summed E-state index contributed by atoms with van der Waals surface area (Å²) in [7, 11) is 0. The van der Waals surface area contributed by atoms with Crippen molar-refractivity contribution >= 4 is 29.3 Å². The lowest BCUT2D eigenvalue weighted by Gasteiger charge is -2.39. The zero-order chi connectivity index (χ0) is 19.4. The summed E-state index contributed by atoms with van der Waals surface area (Å²) in [6, 6.07) is 11.8. The second-order valence-corrected chi connectivity index (χ2v) is 7.29. The highest BCUT2D eigenvalue weighted by Gasteiger charge is 2.26. The Balaban J connectivity index is 1.58. The van der Waals surface area contributed by atoms with Crippen molar-refractivity contribution in [3.63, 3.8) is 0 Å². The van der Waals surface area contributed by atoms with Crippen LogP contribution < -0.4 is 5.73 Å². The Morgan fingerprint density at radius 3 is 2.70 bits per heavy atom. The van der Waals surface area contributed by atoms with Crippen molar-refractivity contribution in [2.45, 2.75) is 19.5 Å². The molecule has 0 aromatic heterocycles. The minimum Gasteiger partial charge on any atom is -0.398 e. The van der Waals surface area contributed by atoms with Crippen LogP contribution in [0.3, 0.4) is 0 Å². The zero-order valence-electron chi connectivity index (χ0n) is 15.2. The molecule has 0 spiro atoms. The maximum Gasteiger partial charge on any atom is 0.246 e. The van der Waals surface area contributed by atoms with Crippen LogP contribution in [-0.4, -0.2) is 41.4 Å². The van der Waals surface area contributed by atoms with E-state index in [1.165, 1.54) is 12.1 Å². The van der Waals surface area contributed by atoms with E-state index in [9.17, 15) is 9.18 Å². The predicted molar refractivity (Wildman–Crippen MR) is 108 cm³/mol. The van der Waals surface area contributed by atoms with Crippen LogP contribution in [0.4, 0.5) is 10.1 Å². The monoisotopic (exact) mass is 387 g/mol. The Labute approximate surface area is 164 Å². The fourth-order valence-electron chi connectivity index (χ4n) is 3.30. The van der Waals surface area contributed by atoms with E-state index in [0.717, 1.165) is 30.8 Å². The van der Waals surface area contributed by atoms with Gasteiger partial charge >= 0.3 is 0 Å². The van der Waals surface area contributed by atoms with E-state index >= 15 is 0 Å². The van der Waals surface area contributed by atoms with Gasteiger partial charge in [0.1, 0.15) is 5.82 Å². The molecular weight excluding hydrogens is 365 g/mol. The van der Waals surface area contributed by atoms with Crippen molar-refractivity contribution in [3.8, 4) is 0 Å². The molecule has 1 unspecified atom stereocenters. The van der Waals surface area contributed by atoms with Crippen LogP contribution in [0.15, 0.2) is 48.5 Å². The van der Waals surface area contributed by atoms with E-state index in [1.54, 1.807) is 42.5 Å². The summed E-state index contributed by atoms with van der Waals surface area (Å²) in [4.78, 5) is 16.7. The molecule has 1 heterocycles. The highest BCUT2D eigenvalue weighted by Crippen LogP contribution is 2.20. The van der Waals surface area contributed by atoms with Gasteiger partial charge in [0.15, 0.2) is 0 Å². The third kappa shape index (κ3) is 5.08. The first kappa shape index (κ1) is 19.4. The molecule has 0 aliphatic carbocycles. The Hall–Kier alpha value is -2.37. The van der Waals surface area contributed by atoms with Gasteiger partial charge in [-0.2, -0.15) is 0 Å². The molecule has 2 aromatic carbocycles. The maximum absolute atomic E-state index is 13.0. The van der Waals surface area contributed by atoms with Gasteiger partial charge in [-0.15, -0.1) is 0 Å². The van der Waals surface area contributed by atoms with E-state index < -0.39 is 0 Å². The lowest BCUT2D eigenvalue weighted by atomic mass is 10.1. The normalized spacial score (nSPS) is 18.2. The van der Waals surface area contributed by atoms with Crippen molar-refractivity contribution in [1.29, 1.82) is 0 Å². The lowest BCUT2D eigenvalue weighted by Crippen LogP contribution is -2.53. The lowest BCUT2D eigenvalue weighted by molar-refractivity contribution is -0.130. The minimum absolute atomic E-state index is 0.0386. The van der Waals surface area contributed by atoms with Gasteiger partial charge in [-0.1, -0.05) is 23.7 Å². The summed E-state index contributed by atoms with van der Waals surface area (Å²) >= 11 is 5.98. The van der Waals surface area contributed by atoms with Crippen molar-refractivity contribution in [1.82, 2.24) is 9.80 Å². The van der Waals surface area contributed by atoms with Crippen LogP contribution in [0.5, 0.6) is 0 Å². The molecule has 142 valence electrons. The van der Waals surface area contributed by atoms with E-state index in [2.05, 4.69) is 4.90 Å². The standard InChI is InChI=1S/C21H23ClFN3O/c1-15-13-25(14-16-2-6-19(23)7-3-16)10-11-26(15)21(27)9-4-17-12-18(22)5-8-20(17)24/h2-9,12,15H,10-11,13-14,24H2,1H3. The van der Waals surface area contributed by atoms with Gasteiger partial charge < -0.3 is 10.6 Å². The van der Waals surface area contributed by atoms with Gasteiger partial charge in [-0.3, -0.25) is 9.69 Å². The number of nitrogen functional groups attached to an aromatic ring is 1. The van der Waals surface area contributed by atoms with Crippen LogP contribution >= 0.6 is 11.6 Å². The van der Waals surface area contributed by atoms with Gasteiger partial charge in [-0.05, 0) is 54.5 Å². The molecule has 4 nitrogen and oxygen atoms in total. The minimum atomic E-state index is -0.227. The summed E-state index contributed by atoms with van der Waals surface area (Å²) in [5.41, 5.74) is 8.31. The molecule has 1 amide bonds. The molecule has 0 bridgehead atoms. The summed E-state index contributed by atoms with van der Waals surface area (Å²) in [6.07, 6.45) is 3.26. The topological polar surface area (TPSA) is 49.6 Å². The maximum atomic E-state index is 13.0. The number of nitrogens with two attached hydrogens (primary N) is 1. The van der Waals surface area contributed by atoms with Crippen molar-refractivity contribution in [2.24, 2.45) is 0 Å². The van der Waals surface area contributed by atoms with Crippen LogP contribution in [0.1, 0.15) is 18.1 Å². The third-order valence-corrected chi connectivity index (χ3v) is 5.00. The van der Waals surface area contributed by atoms with Gasteiger partial charge in [0.05, 0.1) is 0 Å². The Morgan fingerprint density at radius 2 is 2.00 bits per heavy atom. The molecule has 1 fully saturated rings. The number of piperazine rings is 1. The summed E-state index contributed by atoms with van der Waals surface area (Å²) in [5, 5.41) is 0.582. The smallest absolute Gasteiger partial charge is 0.246 e.